The van der Waals surface area contributed by atoms with Crippen LogP contribution in [0.5, 0.6) is 5.75 Å². The molecule has 7 heteroatoms. The maximum Gasteiger partial charge on any atom is 0.265 e. The summed E-state index contributed by atoms with van der Waals surface area (Å²) in [4.78, 5) is 13.9. The minimum Gasteiger partial charge on any atom is -0.494 e. The topological polar surface area (TPSA) is 50.4 Å². The van der Waals surface area contributed by atoms with E-state index in [0.29, 0.717) is 10.6 Å². The zero-order chi connectivity index (χ0) is 13.1. The quantitative estimate of drug-likeness (QED) is 0.861. The van der Waals surface area contributed by atoms with Crippen molar-refractivity contribution in [3.63, 3.8) is 0 Å². The highest BCUT2D eigenvalue weighted by Gasteiger charge is 2.23. The van der Waals surface area contributed by atoms with Crippen LogP contribution in [-0.2, 0) is 0 Å². The van der Waals surface area contributed by atoms with Crippen LogP contribution >= 0.6 is 39.7 Å². The molecule has 0 saturated carbocycles. The molecule has 0 spiro atoms. The van der Waals surface area contributed by atoms with Gasteiger partial charge in [-0.25, -0.2) is 0 Å². The van der Waals surface area contributed by atoms with E-state index in [1.807, 2.05) is 6.92 Å². The first-order valence-corrected chi connectivity index (χ1v) is 7.59. The molecule has 108 valence electrons. The minimum absolute atomic E-state index is 0. The molecule has 4 nitrogen and oxygen atoms in total. The number of ether oxygens (including phenoxy) is 1. The van der Waals surface area contributed by atoms with Crippen molar-refractivity contribution in [3.8, 4) is 5.75 Å². The lowest BCUT2D eigenvalue weighted by Gasteiger charge is -2.23. The van der Waals surface area contributed by atoms with Crippen molar-refractivity contribution in [1.82, 2.24) is 10.6 Å². The third-order valence-electron chi connectivity index (χ3n) is 3.01. The van der Waals surface area contributed by atoms with Crippen LogP contribution in [0.4, 0.5) is 0 Å². The molecule has 1 aromatic rings. The highest BCUT2D eigenvalue weighted by atomic mass is 79.9. The molecular formula is C12H18BrClN2O2S. The molecule has 2 rings (SSSR count). The fourth-order valence-corrected chi connectivity index (χ4v) is 3.71. The Bertz CT molecular complexity index is 447. The van der Waals surface area contributed by atoms with Crippen molar-refractivity contribution in [3.05, 3.63) is 14.2 Å². The fourth-order valence-electron chi connectivity index (χ4n) is 2.06. The third kappa shape index (κ3) is 3.84. The first kappa shape index (κ1) is 16.8. The Morgan fingerprint density at radius 2 is 2.32 bits per heavy atom. The second-order valence-corrected chi connectivity index (χ2v) is 6.37. The van der Waals surface area contributed by atoms with E-state index in [2.05, 4.69) is 26.6 Å². The van der Waals surface area contributed by atoms with Crippen LogP contribution in [0, 0.1) is 6.92 Å². The Labute approximate surface area is 131 Å². The molecule has 1 aliphatic heterocycles. The van der Waals surface area contributed by atoms with Gasteiger partial charge in [-0.2, -0.15) is 0 Å². The average Bonchev–Trinajstić information content (AvgIpc) is 2.67. The molecule has 19 heavy (non-hydrogen) atoms. The van der Waals surface area contributed by atoms with Gasteiger partial charge in [-0.3, -0.25) is 4.79 Å². The van der Waals surface area contributed by atoms with Gasteiger partial charge >= 0.3 is 0 Å². The summed E-state index contributed by atoms with van der Waals surface area (Å²) in [6.07, 6.45) is 2.14. The van der Waals surface area contributed by atoms with Gasteiger partial charge in [-0.1, -0.05) is 0 Å². The molecule has 2 N–H and O–H groups in total. The van der Waals surface area contributed by atoms with Gasteiger partial charge in [-0.05, 0) is 42.2 Å². The van der Waals surface area contributed by atoms with Crippen molar-refractivity contribution in [1.29, 1.82) is 0 Å². The molecule has 1 amide bonds. The van der Waals surface area contributed by atoms with Crippen LogP contribution in [0.3, 0.4) is 0 Å². The number of aryl methyl sites for hydroxylation is 1. The average molecular weight is 370 g/mol. The fraction of sp³-hybridized carbons (Fsp3) is 0.583. The summed E-state index contributed by atoms with van der Waals surface area (Å²) in [5, 5.41) is 6.34. The maximum absolute atomic E-state index is 12.2. The molecule has 0 radical (unpaired) electrons. The number of piperidine rings is 1. The lowest BCUT2D eigenvalue weighted by atomic mass is 10.1. The highest BCUT2D eigenvalue weighted by Crippen LogP contribution is 2.39. The first-order valence-electron chi connectivity index (χ1n) is 5.98. The molecule has 2 heterocycles. The van der Waals surface area contributed by atoms with Crippen molar-refractivity contribution in [2.75, 3.05) is 20.2 Å². The van der Waals surface area contributed by atoms with Crippen LogP contribution < -0.4 is 15.4 Å². The van der Waals surface area contributed by atoms with E-state index >= 15 is 0 Å². The predicted octanol–water partition coefficient (Wildman–Crippen LogP) is 2.73. The van der Waals surface area contributed by atoms with E-state index in [9.17, 15) is 4.79 Å². The van der Waals surface area contributed by atoms with Gasteiger partial charge in [0.15, 0.2) is 5.75 Å². The molecule has 0 aliphatic carbocycles. The van der Waals surface area contributed by atoms with Crippen LogP contribution in [0.25, 0.3) is 0 Å². The summed E-state index contributed by atoms with van der Waals surface area (Å²) in [6, 6.07) is 0.220. The summed E-state index contributed by atoms with van der Waals surface area (Å²) < 4.78 is 6.17. The number of amides is 1. The molecule has 1 aromatic heterocycles. The Kier molecular flexibility index (Phi) is 6.59. The molecule has 0 aromatic carbocycles. The lowest BCUT2D eigenvalue weighted by molar-refractivity contribution is 0.0932. The van der Waals surface area contributed by atoms with E-state index in [0.717, 1.165) is 35.3 Å². The second kappa shape index (κ2) is 7.47. The van der Waals surface area contributed by atoms with Gasteiger partial charge < -0.3 is 15.4 Å². The number of hydrogen-bond acceptors (Lipinski definition) is 4. The van der Waals surface area contributed by atoms with Gasteiger partial charge in [0.2, 0.25) is 0 Å². The Morgan fingerprint density at radius 3 is 2.89 bits per heavy atom. The van der Waals surface area contributed by atoms with Crippen molar-refractivity contribution < 1.29 is 9.53 Å². The summed E-state index contributed by atoms with van der Waals surface area (Å²) in [6.45, 7) is 3.86. The Balaban J connectivity index is 0.00000180. The minimum atomic E-state index is -0.0423. The van der Waals surface area contributed by atoms with Crippen LogP contribution in [-0.4, -0.2) is 32.1 Å². The summed E-state index contributed by atoms with van der Waals surface area (Å²) in [5.41, 5.74) is 0. The number of rotatable bonds is 3. The second-order valence-electron chi connectivity index (χ2n) is 4.35. The largest absolute Gasteiger partial charge is 0.494 e. The van der Waals surface area contributed by atoms with Gasteiger partial charge in [-0.15, -0.1) is 23.7 Å². The predicted molar refractivity (Wildman–Crippen MR) is 83.9 cm³/mol. The number of carbonyl (C=O) groups is 1. The Morgan fingerprint density at radius 1 is 1.58 bits per heavy atom. The number of halogens is 2. The molecule has 0 unspecified atom stereocenters. The van der Waals surface area contributed by atoms with Crippen molar-refractivity contribution in [2.45, 2.75) is 25.8 Å². The van der Waals surface area contributed by atoms with E-state index in [1.165, 1.54) is 11.3 Å². The molecule has 1 saturated heterocycles. The number of carbonyl (C=O) groups excluding carboxylic acids is 1. The molecule has 0 bridgehead atoms. The number of methoxy groups -OCH3 is 1. The van der Waals surface area contributed by atoms with Gasteiger partial charge in [0.1, 0.15) is 4.88 Å². The zero-order valence-corrected chi connectivity index (χ0v) is 14.1. The van der Waals surface area contributed by atoms with E-state index in [-0.39, 0.29) is 24.4 Å². The first-order chi connectivity index (χ1) is 8.63. The SMILES string of the molecule is COc1c(C(=O)N[C@H]2CCCNC2)sc(C)c1Br.Cl. The normalized spacial score (nSPS) is 18.6. The Hall–Kier alpha value is -0.300. The van der Waals surface area contributed by atoms with Gasteiger partial charge in [0.05, 0.1) is 11.6 Å². The van der Waals surface area contributed by atoms with Gasteiger partial charge in [0.25, 0.3) is 5.91 Å². The van der Waals surface area contributed by atoms with Crippen molar-refractivity contribution >= 4 is 45.6 Å². The summed E-state index contributed by atoms with van der Waals surface area (Å²) >= 11 is 4.91. The summed E-state index contributed by atoms with van der Waals surface area (Å²) in [5.74, 6) is 0.595. The van der Waals surface area contributed by atoms with E-state index in [1.54, 1.807) is 7.11 Å². The van der Waals surface area contributed by atoms with Crippen molar-refractivity contribution in [2.24, 2.45) is 0 Å². The molecule has 1 atom stereocenters. The molecular weight excluding hydrogens is 352 g/mol. The van der Waals surface area contributed by atoms with Crippen LogP contribution in [0.15, 0.2) is 4.47 Å². The zero-order valence-electron chi connectivity index (χ0n) is 10.9. The number of hydrogen-bond donors (Lipinski definition) is 2. The maximum atomic E-state index is 12.2. The lowest BCUT2D eigenvalue weighted by Crippen LogP contribution is -2.45. The molecule has 1 fully saturated rings. The van der Waals surface area contributed by atoms with E-state index in [4.69, 9.17) is 4.74 Å². The number of thiophene rings is 1. The number of nitrogens with one attached hydrogen (secondary N) is 2. The van der Waals surface area contributed by atoms with Crippen LogP contribution in [0.1, 0.15) is 27.4 Å². The third-order valence-corrected chi connectivity index (χ3v) is 5.31. The standard InChI is InChI=1S/C12H17BrN2O2S.ClH/c1-7-9(13)10(17-2)11(18-7)12(16)15-8-4-3-5-14-6-8;/h8,14H,3-6H2,1-2H3,(H,15,16);1H/t8-;/m0./s1. The van der Waals surface area contributed by atoms with Gasteiger partial charge in [0, 0.05) is 17.5 Å². The van der Waals surface area contributed by atoms with E-state index < -0.39 is 0 Å². The van der Waals surface area contributed by atoms with Crippen LogP contribution in [0.2, 0.25) is 0 Å². The monoisotopic (exact) mass is 368 g/mol. The molecule has 1 aliphatic rings. The highest BCUT2D eigenvalue weighted by molar-refractivity contribution is 9.10. The summed E-state index contributed by atoms with van der Waals surface area (Å²) in [7, 11) is 1.59. The smallest absolute Gasteiger partial charge is 0.265 e.